The van der Waals surface area contributed by atoms with Gasteiger partial charge in [-0.3, -0.25) is 0 Å². The van der Waals surface area contributed by atoms with Gasteiger partial charge in [-0.15, -0.1) is 11.3 Å². The van der Waals surface area contributed by atoms with Gasteiger partial charge < -0.3 is 9.47 Å². The molecule has 12 aromatic rings. The van der Waals surface area contributed by atoms with Crippen molar-refractivity contribution in [3.8, 4) is 16.8 Å². The molecule has 12 rings (SSSR count). The lowest BCUT2D eigenvalue weighted by Gasteiger charge is -2.35. The SMILES string of the molecule is c1ccc(-n2c3ccccc3c3c(-c4ccc(N(c5cccc([Si](c6ccccc6)(c6ccccc6)c6ccccc6)c5)c5cccc6sc7ccccc7c56)cc4)cccc32)cc1. The van der Waals surface area contributed by atoms with E-state index in [0.717, 1.165) is 17.1 Å². The molecule has 2 aromatic heterocycles. The Morgan fingerprint density at radius 3 is 1.58 bits per heavy atom. The molecule has 0 saturated carbocycles. The van der Waals surface area contributed by atoms with Crippen molar-refractivity contribution < 1.29 is 0 Å². The topological polar surface area (TPSA) is 8.17 Å². The van der Waals surface area contributed by atoms with E-state index in [9.17, 15) is 0 Å². The maximum Gasteiger partial charge on any atom is 0.179 e. The van der Waals surface area contributed by atoms with E-state index in [4.69, 9.17) is 0 Å². The van der Waals surface area contributed by atoms with Crippen LogP contribution in [0.5, 0.6) is 0 Å². The quantitative estimate of drug-likeness (QED) is 0.104. The minimum atomic E-state index is -2.81. The van der Waals surface area contributed by atoms with Gasteiger partial charge in [-0.2, -0.15) is 0 Å². The third-order valence-electron chi connectivity index (χ3n) is 12.9. The van der Waals surface area contributed by atoms with Gasteiger partial charge in [0.2, 0.25) is 0 Å². The van der Waals surface area contributed by atoms with Gasteiger partial charge in [-0.25, -0.2) is 0 Å². The first-order chi connectivity index (χ1) is 31.8. The molecule has 0 aliphatic heterocycles. The first kappa shape index (κ1) is 38.0. The largest absolute Gasteiger partial charge is 0.310 e. The lowest BCUT2D eigenvalue weighted by atomic mass is 9.99. The van der Waals surface area contributed by atoms with E-state index < -0.39 is 8.07 Å². The van der Waals surface area contributed by atoms with Gasteiger partial charge in [0.15, 0.2) is 8.07 Å². The zero-order valence-corrected chi connectivity index (χ0v) is 36.9. The van der Waals surface area contributed by atoms with Crippen LogP contribution in [0.2, 0.25) is 0 Å². The number of para-hydroxylation sites is 2. The van der Waals surface area contributed by atoms with E-state index >= 15 is 0 Å². The molecule has 2 nitrogen and oxygen atoms in total. The van der Waals surface area contributed by atoms with Crippen molar-refractivity contribution in [3.05, 3.63) is 255 Å². The van der Waals surface area contributed by atoms with Crippen LogP contribution in [-0.2, 0) is 0 Å². The van der Waals surface area contributed by atoms with Gasteiger partial charge in [-0.05, 0) is 98.6 Å². The van der Waals surface area contributed by atoms with Crippen LogP contribution in [0.3, 0.4) is 0 Å². The molecule has 302 valence electrons. The van der Waals surface area contributed by atoms with Crippen LogP contribution < -0.4 is 25.6 Å². The number of aromatic nitrogens is 1. The number of anilines is 3. The minimum absolute atomic E-state index is 1.11. The molecular weight excluding hydrogens is 809 g/mol. The van der Waals surface area contributed by atoms with Crippen LogP contribution >= 0.6 is 11.3 Å². The molecule has 0 aliphatic rings. The zero-order chi connectivity index (χ0) is 42.5. The molecule has 0 unspecified atom stereocenters. The van der Waals surface area contributed by atoms with Gasteiger partial charge in [0.25, 0.3) is 0 Å². The Bertz CT molecular complexity index is 3500. The Morgan fingerprint density at radius 2 is 0.891 bits per heavy atom. The Kier molecular flexibility index (Phi) is 9.40. The molecule has 4 heteroatoms. The normalized spacial score (nSPS) is 11.8. The Balaban J connectivity index is 1.08. The van der Waals surface area contributed by atoms with Crippen molar-refractivity contribution in [2.75, 3.05) is 4.90 Å². The number of rotatable bonds is 9. The lowest BCUT2D eigenvalue weighted by molar-refractivity contribution is 1.18. The highest BCUT2D eigenvalue weighted by Crippen LogP contribution is 2.45. The summed E-state index contributed by atoms with van der Waals surface area (Å²) in [4.78, 5) is 2.50. The average molecular weight is 851 g/mol. The molecule has 10 aromatic carbocycles. The molecule has 0 saturated heterocycles. The fourth-order valence-corrected chi connectivity index (χ4v) is 16.1. The third kappa shape index (κ3) is 6.14. The van der Waals surface area contributed by atoms with Crippen molar-refractivity contribution >= 4 is 99.2 Å². The van der Waals surface area contributed by atoms with E-state index in [1.54, 1.807) is 0 Å². The summed E-state index contributed by atoms with van der Waals surface area (Å²) in [7, 11) is -2.81. The number of fused-ring (bicyclic) bond motifs is 6. The summed E-state index contributed by atoms with van der Waals surface area (Å²) in [6, 6.07) is 94.2. The predicted molar refractivity (Wildman–Crippen MR) is 277 cm³/mol. The van der Waals surface area contributed by atoms with Gasteiger partial charge in [0, 0.05) is 48.0 Å². The minimum Gasteiger partial charge on any atom is -0.310 e. The van der Waals surface area contributed by atoms with E-state index in [1.165, 1.54) is 79.5 Å². The van der Waals surface area contributed by atoms with Crippen LogP contribution in [0.4, 0.5) is 17.1 Å². The van der Waals surface area contributed by atoms with Crippen LogP contribution in [0.15, 0.2) is 255 Å². The summed E-state index contributed by atoms with van der Waals surface area (Å²) in [5.41, 5.74) is 9.37. The third-order valence-corrected chi connectivity index (χ3v) is 18.8. The van der Waals surface area contributed by atoms with E-state index in [0.29, 0.717) is 0 Å². The molecular formula is C60H42N2SSi. The number of thiophene rings is 1. The highest BCUT2D eigenvalue weighted by molar-refractivity contribution is 7.26. The van der Waals surface area contributed by atoms with Crippen molar-refractivity contribution in [1.29, 1.82) is 0 Å². The Labute approximate surface area is 378 Å². The van der Waals surface area contributed by atoms with Crippen LogP contribution in [-0.4, -0.2) is 12.6 Å². The second kappa shape index (κ2) is 15.9. The van der Waals surface area contributed by atoms with Crippen LogP contribution in [0.25, 0.3) is 58.8 Å². The average Bonchev–Trinajstić information content (AvgIpc) is 3.93. The number of hydrogen-bond acceptors (Lipinski definition) is 2. The summed E-state index contributed by atoms with van der Waals surface area (Å²) >= 11 is 1.86. The maximum atomic E-state index is 2.50. The fraction of sp³-hybridized carbons (Fsp3) is 0. The summed E-state index contributed by atoms with van der Waals surface area (Å²) in [5.74, 6) is 0. The first-order valence-electron chi connectivity index (χ1n) is 21.9. The molecule has 0 amide bonds. The summed E-state index contributed by atoms with van der Waals surface area (Å²) in [5, 5.41) is 10.5. The number of nitrogens with zero attached hydrogens (tertiary/aromatic N) is 2. The maximum absolute atomic E-state index is 2.81. The van der Waals surface area contributed by atoms with E-state index in [2.05, 4.69) is 264 Å². The van der Waals surface area contributed by atoms with Gasteiger partial charge in [-0.1, -0.05) is 188 Å². The smallest absolute Gasteiger partial charge is 0.179 e. The highest BCUT2D eigenvalue weighted by atomic mass is 32.1. The van der Waals surface area contributed by atoms with Crippen LogP contribution in [0.1, 0.15) is 0 Å². The molecule has 0 spiro atoms. The van der Waals surface area contributed by atoms with Crippen molar-refractivity contribution in [1.82, 2.24) is 4.57 Å². The van der Waals surface area contributed by atoms with E-state index in [-0.39, 0.29) is 0 Å². The predicted octanol–water partition coefficient (Wildman–Crippen LogP) is 13.7. The van der Waals surface area contributed by atoms with Crippen molar-refractivity contribution in [3.63, 3.8) is 0 Å². The molecule has 0 aliphatic carbocycles. The molecule has 0 radical (unpaired) electrons. The van der Waals surface area contributed by atoms with Gasteiger partial charge in [0.1, 0.15) is 0 Å². The summed E-state index contributed by atoms with van der Waals surface area (Å²) in [6.45, 7) is 0. The second-order valence-corrected chi connectivity index (χ2v) is 21.3. The van der Waals surface area contributed by atoms with Crippen LogP contribution in [0, 0.1) is 0 Å². The molecule has 0 N–H and O–H groups in total. The van der Waals surface area contributed by atoms with E-state index in [1.807, 2.05) is 11.3 Å². The summed E-state index contributed by atoms with van der Waals surface area (Å²) in [6.07, 6.45) is 0. The molecule has 64 heavy (non-hydrogen) atoms. The van der Waals surface area contributed by atoms with Gasteiger partial charge >= 0.3 is 0 Å². The number of benzene rings is 10. The zero-order valence-electron chi connectivity index (χ0n) is 35.1. The standard InChI is InChI=1S/C60H42N2SSi/c1-5-20-44(21-6-1)62-54-33-15-13-30-52(54)59-51(32-18-34-55(59)62)43-38-40-45(41-39-43)61(56-35-19-37-58-60(56)53-31-14-16-36-57(53)63-58)46-22-17-29-50(42-46)64(47-23-7-2-8-24-47,48-25-9-3-10-26-48)49-27-11-4-12-28-49/h1-42H. The fourth-order valence-electron chi connectivity index (χ4n) is 10.2. The van der Waals surface area contributed by atoms with Gasteiger partial charge in [0.05, 0.1) is 16.7 Å². The van der Waals surface area contributed by atoms with Crippen molar-refractivity contribution in [2.24, 2.45) is 0 Å². The molecule has 2 heterocycles. The molecule has 0 fully saturated rings. The van der Waals surface area contributed by atoms with Crippen molar-refractivity contribution in [2.45, 2.75) is 0 Å². The first-order valence-corrected chi connectivity index (χ1v) is 24.7. The lowest BCUT2D eigenvalue weighted by Crippen LogP contribution is -2.74. The second-order valence-electron chi connectivity index (χ2n) is 16.4. The Hall–Kier alpha value is -7.76. The Morgan fingerprint density at radius 1 is 0.359 bits per heavy atom. The summed E-state index contributed by atoms with van der Waals surface area (Å²) < 4.78 is 4.97. The molecule has 0 atom stereocenters. The monoisotopic (exact) mass is 850 g/mol. The molecule has 0 bridgehead atoms. The highest BCUT2D eigenvalue weighted by Gasteiger charge is 2.41. The number of hydrogen-bond donors (Lipinski definition) is 0.